The van der Waals surface area contributed by atoms with Crippen LogP contribution in [-0.4, -0.2) is 56.2 Å². The summed E-state index contributed by atoms with van der Waals surface area (Å²) >= 11 is 1.55. The minimum absolute atomic E-state index is 0.0125. The first kappa shape index (κ1) is 21.3. The summed E-state index contributed by atoms with van der Waals surface area (Å²) in [6.45, 7) is 1.06. The highest BCUT2D eigenvalue weighted by Crippen LogP contribution is 2.26. The van der Waals surface area contributed by atoms with Crippen LogP contribution in [-0.2, 0) is 21.4 Å². The highest BCUT2D eigenvalue weighted by Gasteiger charge is 2.28. The number of rotatable bonds is 8. The minimum atomic E-state index is -3.69. The molecule has 10 heteroatoms. The smallest absolute Gasteiger partial charge is 0.260 e. The number of benzene rings is 1. The lowest BCUT2D eigenvalue weighted by Gasteiger charge is -2.19. The number of nitrogens with two attached hydrogens (primary N) is 1. The van der Waals surface area contributed by atoms with Gasteiger partial charge in [-0.15, -0.1) is 0 Å². The third-order valence-electron chi connectivity index (χ3n) is 4.70. The van der Waals surface area contributed by atoms with Crippen LogP contribution in [0.15, 0.2) is 39.9 Å². The van der Waals surface area contributed by atoms with E-state index in [2.05, 4.69) is 0 Å². The molecule has 3 rings (SSSR count). The van der Waals surface area contributed by atoms with Gasteiger partial charge < -0.3 is 15.4 Å². The number of carbonyl (C=O) groups excluding carboxylic acids is 2. The Kier molecular flexibility index (Phi) is 6.56. The fourth-order valence-corrected chi connectivity index (χ4v) is 5.26. The molecule has 1 aromatic heterocycles. The Morgan fingerprint density at radius 3 is 2.59 bits per heavy atom. The summed E-state index contributed by atoms with van der Waals surface area (Å²) in [5, 5.41) is 3.89. The molecular weight excluding hydrogens is 414 g/mol. The highest BCUT2D eigenvalue weighted by atomic mass is 32.2. The molecule has 1 aliphatic rings. The van der Waals surface area contributed by atoms with Crippen molar-refractivity contribution in [3.63, 3.8) is 0 Å². The lowest BCUT2D eigenvalue weighted by atomic mass is 10.2. The quantitative estimate of drug-likeness (QED) is 0.675. The molecule has 0 saturated carbocycles. The van der Waals surface area contributed by atoms with Crippen LogP contribution >= 0.6 is 11.3 Å². The SMILES string of the molecule is CN(Cc1ccsc1)C(=O)COc1ccc(S(=O)(=O)N2CCCC2)cc1C(N)=O. The molecule has 0 aliphatic carbocycles. The van der Waals surface area contributed by atoms with E-state index in [0.29, 0.717) is 19.6 Å². The maximum absolute atomic E-state index is 12.7. The first-order valence-corrected chi connectivity index (χ1v) is 11.5. The van der Waals surface area contributed by atoms with E-state index in [0.717, 1.165) is 18.4 Å². The van der Waals surface area contributed by atoms with Gasteiger partial charge in [0.25, 0.3) is 11.8 Å². The molecular formula is C19H23N3O5S2. The predicted octanol–water partition coefficient (Wildman–Crippen LogP) is 1.67. The van der Waals surface area contributed by atoms with E-state index < -0.39 is 15.9 Å². The number of likely N-dealkylation sites (N-methyl/N-ethyl adjacent to an activating group) is 1. The topological polar surface area (TPSA) is 110 Å². The molecule has 2 amide bonds. The Bertz CT molecular complexity index is 983. The van der Waals surface area contributed by atoms with Gasteiger partial charge in [-0.1, -0.05) is 0 Å². The van der Waals surface area contributed by atoms with E-state index in [-0.39, 0.29) is 28.7 Å². The number of nitrogens with zero attached hydrogens (tertiary/aromatic N) is 2. The molecule has 2 aromatic rings. The van der Waals surface area contributed by atoms with Crippen molar-refractivity contribution in [1.29, 1.82) is 0 Å². The fourth-order valence-electron chi connectivity index (χ4n) is 3.06. The zero-order valence-electron chi connectivity index (χ0n) is 16.0. The minimum Gasteiger partial charge on any atom is -0.483 e. The number of sulfonamides is 1. The van der Waals surface area contributed by atoms with Crippen LogP contribution < -0.4 is 10.5 Å². The van der Waals surface area contributed by atoms with E-state index in [9.17, 15) is 18.0 Å². The third kappa shape index (κ3) is 4.95. The summed E-state index contributed by atoms with van der Waals surface area (Å²) < 4.78 is 32.3. The van der Waals surface area contributed by atoms with Gasteiger partial charge >= 0.3 is 0 Å². The normalized spacial score (nSPS) is 14.7. The van der Waals surface area contributed by atoms with Gasteiger partial charge in [-0.25, -0.2) is 8.42 Å². The molecule has 1 saturated heterocycles. The van der Waals surface area contributed by atoms with Gasteiger partial charge in [-0.05, 0) is 53.4 Å². The van der Waals surface area contributed by atoms with Crippen molar-refractivity contribution in [3.05, 3.63) is 46.2 Å². The van der Waals surface area contributed by atoms with Gasteiger partial charge in [0.1, 0.15) is 5.75 Å². The standard InChI is InChI=1S/C19H23N3O5S2/c1-21(11-14-6-9-28-13-14)18(23)12-27-17-5-4-15(10-16(17)19(20)24)29(25,26)22-7-2-3-8-22/h4-6,9-10,13H,2-3,7-8,11-12H2,1H3,(H2,20,24). The molecule has 156 valence electrons. The molecule has 0 bridgehead atoms. The molecule has 2 N–H and O–H groups in total. The van der Waals surface area contributed by atoms with Crippen molar-refractivity contribution in [2.45, 2.75) is 24.3 Å². The zero-order chi connectivity index (χ0) is 21.0. The van der Waals surface area contributed by atoms with Crippen LogP contribution in [0.4, 0.5) is 0 Å². The Morgan fingerprint density at radius 1 is 1.24 bits per heavy atom. The number of carbonyl (C=O) groups is 2. The van der Waals surface area contributed by atoms with Crippen LogP contribution in [0.3, 0.4) is 0 Å². The number of amides is 2. The second kappa shape index (κ2) is 8.93. The van der Waals surface area contributed by atoms with E-state index in [1.807, 2.05) is 16.8 Å². The van der Waals surface area contributed by atoms with E-state index in [1.54, 1.807) is 18.4 Å². The predicted molar refractivity (Wildman–Crippen MR) is 109 cm³/mol. The zero-order valence-corrected chi connectivity index (χ0v) is 17.7. The lowest BCUT2D eigenvalue weighted by Crippen LogP contribution is -2.31. The van der Waals surface area contributed by atoms with Crippen molar-refractivity contribution in [3.8, 4) is 5.75 Å². The first-order valence-electron chi connectivity index (χ1n) is 9.11. The molecule has 0 radical (unpaired) electrons. The Labute approximate surface area is 173 Å². The summed E-state index contributed by atoms with van der Waals surface area (Å²) in [5.74, 6) is -1.02. The van der Waals surface area contributed by atoms with E-state index in [4.69, 9.17) is 10.5 Å². The lowest BCUT2D eigenvalue weighted by molar-refractivity contribution is -0.132. The molecule has 29 heavy (non-hydrogen) atoms. The van der Waals surface area contributed by atoms with Crippen molar-refractivity contribution < 1.29 is 22.7 Å². The molecule has 1 fully saturated rings. The Balaban J connectivity index is 1.72. The fraction of sp³-hybridized carbons (Fsp3) is 0.368. The average Bonchev–Trinajstić information content (AvgIpc) is 3.40. The van der Waals surface area contributed by atoms with Gasteiger partial charge in [-0.2, -0.15) is 15.6 Å². The number of primary amides is 1. The van der Waals surface area contributed by atoms with E-state index >= 15 is 0 Å². The van der Waals surface area contributed by atoms with Crippen LogP contribution in [0.1, 0.15) is 28.8 Å². The van der Waals surface area contributed by atoms with Gasteiger partial charge in [0, 0.05) is 26.7 Å². The molecule has 0 spiro atoms. The highest BCUT2D eigenvalue weighted by molar-refractivity contribution is 7.89. The van der Waals surface area contributed by atoms with Crippen molar-refractivity contribution in [2.75, 3.05) is 26.7 Å². The van der Waals surface area contributed by atoms with Crippen LogP contribution in [0, 0.1) is 0 Å². The first-order chi connectivity index (χ1) is 13.8. The number of thiophene rings is 1. The summed E-state index contributed by atoms with van der Waals surface area (Å²) in [6, 6.07) is 5.88. The number of hydrogen-bond acceptors (Lipinski definition) is 6. The summed E-state index contributed by atoms with van der Waals surface area (Å²) in [6.07, 6.45) is 1.62. The van der Waals surface area contributed by atoms with Crippen molar-refractivity contribution in [2.24, 2.45) is 5.73 Å². The molecule has 8 nitrogen and oxygen atoms in total. The largest absolute Gasteiger partial charge is 0.483 e. The van der Waals surface area contributed by atoms with E-state index in [1.165, 1.54) is 27.4 Å². The molecule has 1 aromatic carbocycles. The second-order valence-electron chi connectivity index (χ2n) is 6.80. The van der Waals surface area contributed by atoms with Crippen molar-refractivity contribution >= 4 is 33.2 Å². The average molecular weight is 438 g/mol. The van der Waals surface area contributed by atoms with Crippen LogP contribution in [0.2, 0.25) is 0 Å². The van der Waals surface area contributed by atoms with Gasteiger partial charge in [0.05, 0.1) is 10.5 Å². The van der Waals surface area contributed by atoms with Crippen LogP contribution in [0.5, 0.6) is 5.75 Å². The third-order valence-corrected chi connectivity index (χ3v) is 7.32. The summed E-state index contributed by atoms with van der Waals surface area (Å²) in [7, 11) is -2.03. The second-order valence-corrected chi connectivity index (χ2v) is 9.52. The maximum atomic E-state index is 12.7. The maximum Gasteiger partial charge on any atom is 0.260 e. The molecule has 2 heterocycles. The Hall–Kier alpha value is -2.43. The summed E-state index contributed by atoms with van der Waals surface area (Å²) in [4.78, 5) is 25.7. The molecule has 1 aliphatic heterocycles. The van der Waals surface area contributed by atoms with Crippen LogP contribution in [0.25, 0.3) is 0 Å². The van der Waals surface area contributed by atoms with Gasteiger partial charge in [0.2, 0.25) is 10.0 Å². The number of hydrogen-bond donors (Lipinski definition) is 1. The monoisotopic (exact) mass is 437 g/mol. The van der Waals surface area contributed by atoms with Gasteiger partial charge in [0.15, 0.2) is 6.61 Å². The molecule has 0 atom stereocenters. The number of ether oxygens (including phenoxy) is 1. The van der Waals surface area contributed by atoms with Gasteiger partial charge in [-0.3, -0.25) is 9.59 Å². The Morgan fingerprint density at radius 2 is 1.97 bits per heavy atom. The van der Waals surface area contributed by atoms with Crippen molar-refractivity contribution in [1.82, 2.24) is 9.21 Å². The molecule has 0 unspecified atom stereocenters. The summed E-state index contributed by atoms with van der Waals surface area (Å²) in [5.41, 5.74) is 6.36.